The van der Waals surface area contributed by atoms with E-state index >= 15 is 0 Å². The second-order valence-electron chi connectivity index (χ2n) is 5.82. The molecule has 0 unspecified atom stereocenters. The third-order valence-electron chi connectivity index (χ3n) is 4.23. The second kappa shape index (κ2) is 6.79. The number of piperazine rings is 1. The summed E-state index contributed by atoms with van der Waals surface area (Å²) in [6.45, 7) is 3.56. The second-order valence-corrected chi connectivity index (χ2v) is 5.82. The van der Waals surface area contributed by atoms with Crippen molar-refractivity contribution in [2.45, 2.75) is 6.67 Å². The molecule has 1 aromatic heterocycles. The summed E-state index contributed by atoms with van der Waals surface area (Å²) < 4.78 is 14.4. The van der Waals surface area contributed by atoms with Crippen LogP contribution in [0.5, 0.6) is 0 Å². The van der Waals surface area contributed by atoms with Crippen LogP contribution in [-0.2, 0) is 6.67 Å². The Bertz CT molecular complexity index is 783. The Morgan fingerprint density at radius 1 is 1.12 bits per heavy atom. The monoisotopic (exact) mass is 333 g/mol. The van der Waals surface area contributed by atoms with Crippen molar-refractivity contribution in [2.24, 2.45) is 0 Å². The highest BCUT2D eigenvalue weighted by atomic mass is 19.1. The van der Waals surface area contributed by atoms with E-state index in [2.05, 4.69) is 4.90 Å². The van der Waals surface area contributed by atoms with Crippen molar-refractivity contribution in [1.82, 2.24) is 4.57 Å². The van der Waals surface area contributed by atoms with Gasteiger partial charge in [-0.05, 0) is 24.3 Å². The van der Waals surface area contributed by atoms with Crippen LogP contribution in [0.3, 0.4) is 0 Å². The highest BCUT2D eigenvalue weighted by Crippen LogP contribution is 2.14. The Morgan fingerprint density at radius 3 is 2.42 bits per heavy atom. The normalized spacial score (nSPS) is 15.5. The van der Waals surface area contributed by atoms with Crippen molar-refractivity contribution >= 4 is 11.4 Å². The molecular formula is C16H18FN4O3+. The summed E-state index contributed by atoms with van der Waals surface area (Å²) in [5.41, 5.74) is 0.649. The molecule has 1 N–H and O–H groups in total. The first-order valence-electron chi connectivity index (χ1n) is 7.72. The molecule has 0 bridgehead atoms. The van der Waals surface area contributed by atoms with Crippen LogP contribution >= 0.6 is 0 Å². The van der Waals surface area contributed by atoms with Crippen LogP contribution < -0.4 is 15.4 Å². The molecule has 0 radical (unpaired) electrons. The topological polar surface area (TPSA) is 72.8 Å². The molecule has 2 heterocycles. The molecule has 7 nitrogen and oxygen atoms in total. The van der Waals surface area contributed by atoms with Gasteiger partial charge in [-0.25, -0.2) is 4.39 Å². The molecule has 0 atom stereocenters. The Balaban J connectivity index is 1.63. The van der Waals surface area contributed by atoms with E-state index in [1.807, 2.05) is 0 Å². The fraction of sp³-hybridized carbons (Fsp3) is 0.312. The lowest BCUT2D eigenvalue weighted by molar-refractivity contribution is -0.923. The van der Waals surface area contributed by atoms with Crippen molar-refractivity contribution in [3.05, 3.63) is 68.9 Å². The Labute approximate surface area is 137 Å². The van der Waals surface area contributed by atoms with E-state index < -0.39 is 4.92 Å². The third-order valence-corrected chi connectivity index (χ3v) is 4.23. The average molecular weight is 333 g/mol. The summed E-state index contributed by atoms with van der Waals surface area (Å²) in [4.78, 5) is 25.5. The van der Waals surface area contributed by atoms with Gasteiger partial charge in [-0.15, -0.1) is 0 Å². The number of aromatic nitrogens is 1. The lowest BCUT2D eigenvalue weighted by Gasteiger charge is -2.33. The van der Waals surface area contributed by atoms with Crippen molar-refractivity contribution in [2.75, 3.05) is 31.1 Å². The van der Waals surface area contributed by atoms with Crippen LogP contribution in [0, 0.1) is 15.9 Å². The summed E-state index contributed by atoms with van der Waals surface area (Å²) >= 11 is 0. The molecule has 126 valence electrons. The van der Waals surface area contributed by atoms with Crippen LogP contribution in [0.15, 0.2) is 47.4 Å². The average Bonchev–Trinajstić information content (AvgIpc) is 2.58. The number of halogens is 1. The maximum atomic E-state index is 13.0. The van der Waals surface area contributed by atoms with E-state index in [-0.39, 0.29) is 17.1 Å². The minimum Gasteiger partial charge on any atom is -0.360 e. The third kappa shape index (κ3) is 3.60. The first-order valence-corrected chi connectivity index (χ1v) is 7.72. The smallest absolute Gasteiger partial charge is 0.285 e. The lowest BCUT2D eigenvalue weighted by Crippen LogP contribution is -3.14. The van der Waals surface area contributed by atoms with Gasteiger partial charge in [-0.3, -0.25) is 19.5 Å². The minimum absolute atomic E-state index is 0.0843. The number of benzene rings is 1. The number of nitro groups is 1. The van der Waals surface area contributed by atoms with Crippen LogP contribution in [0.25, 0.3) is 0 Å². The van der Waals surface area contributed by atoms with Crippen LogP contribution in [-0.4, -0.2) is 35.7 Å². The number of hydrogen-bond acceptors (Lipinski definition) is 4. The molecule has 0 saturated carbocycles. The molecule has 8 heteroatoms. The summed E-state index contributed by atoms with van der Waals surface area (Å²) in [6.07, 6.45) is 1.29. The quantitative estimate of drug-likeness (QED) is 0.643. The zero-order valence-corrected chi connectivity index (χ0v) is 13.0. The van der Waals surface area contributed by atoms with Crippen molar-refractivity contribution in [3.63, 3.8) is 0 Å². The van der Waals surface area contributed by atoms with Gasteiger partial charge >= 0.3 is 0 Å². The van der Waals surface area contributed by atoms with E-state index in [0.29, 0.717) is 6.67 Å². The summed E-state index contributed by atoms with van der Waals surface area (Å²) in [7, 11) is 0. The molecular weight excluding hydrogens is 315 g/mol. The number of hydrogen-bond donors (Lipinski definition) is 1. The highest BCUT2D eigenvalue weighted by molar-refractivity contribution is 5.46. The van der Waals surface area contributed by atoms with E-state index in [4.69, 9.17) is 0 Å². The molecule has 0 aliphatic carbocycles. The van der Waals surface area contributed by atoms with E-state index in [9.17, 15) is 19.3 Å². The molecule has 24 heavy (non-hydrogen) atoms. The number of nitrogens with zero attached hydrogens (tertiary/aromatic N) is 3. The Morgan fingerprint density at radius 2 is 1.79 bits per heavy atom. The molecule has 0 amide bonds. The maximum absolute atomic E-state index is 13.0. The van der Waals surface area contributed by atoms with Crippen molar-refractivity contribution in [3.8, 4) is 0 Å². The highest BCUT2D eigenvalue weighted by Gasteiger charge is 2.21. The van der Waals surface area contributed by atoms with Crippen molar-refractivity contribution in [1.29, 1.82) is 0 Å². The lowest BCUT2D eigenvalue weighted by atomic mass is 10.2. The van der Waals surface area contributed by atoms with Gasteiger partial charge in [0.05, 0.1) is 37.3 Å². The summed E-state index contributed by atoms with van der Waals surface area (Å²) in [5, 5.41) is 10.8. The van der Waals surface area contributed by atoms with Gasteiger partial charge in [0.15, 0.2) is 6.67 Å². The largest absolute Gasteiger partial charge is 0.360 e. The predicted octanol–water partition coefficient (Wildman–Crippen LogP) is 0.258. The van der Waals surface area contributed by atoms with E-state index in [1.165, 1.54) is 39.9 Å². The van der Waals surface area contributed by atoms with Crippen LogP contribution in [0.4, 0.5) is 15.8 Å². The first-order chi connectivity index (χ1) is 11.5. The Kier molecular flexibility index (Phi) is 4.57. The van der Waals surface area contributed by atoms with Gasteiger partial charge in [0.1, 0.15) is 5.82 Å². The fourth-order valence-corrected chi connectivity index (χ4v) is 2.88. The van der Waals surface area contributed by atoms with Crippen LogP contribution in [0.2, 0.25) is 0 Å². The number of quaternary nitrogens is 1. The number of pyridine rings is 1. The van der Waals surface area contributed by atoms with Gasteiger partial charge in [-0.1, -0.05) is 0 Å². The number of anilines is 1. The molecule has 1 aromatic carbocycles. The molecule has 3 rings (SSSR count). The fourth-order valence-electron chi connectivity index (χ4n) is 2.88. The zero-order valence-electron chi connectivity index (χ0n) is 13.0. The van der Waals surface area contributed by atoms with Gasteiger partial charge < -0.3 is 9.80 Å². The molecule has 1 aliphatic rings. The SMILES string of the molecule is O=c1ccc([N+](=O)[O-])cn1C[NH+]1CCN(c2ccc(F)cc2)CC1. The van der Waals surface area contributed by atoms with Gasteiger partial charge in [0, 0.05) is 17.8 Å². The van der Waals surface area contributed by atoms with Gasteiger partial charge in [-0.2, -0.15) is 0 Å². The van der Waals surface area contributed by atoms with Gasteiger partial charge in [0.25, 0.3) is 11.2 Å². The zero-order chi connectivity index (χ0) is 17.1. The molecule has 1 saturated heterocycles. The minimum atomic E-state index is -0.502. The van der Waals surface area contributed by atoms with Crippen molar-refractivity contribution < 1.29 is 14.2 Å². The summed E-state index contributed by atoms with van der Waals surface area (Å²) in [6, 6.07) is 8.85. The van der Waals surface area contributed by atoms with Crippen LogP contribution in [0.1, 0.15) is 0 Å². The number of rotatable bonds is 4. The maximum Gasteiger partial charge on any atom is 0.285 e. The first kappa shape index (κ1) is 16.1. The number of nitrogens with one attached hydrogen (secondary N) is 1. The molecule has 1 fully saturated rings. The molecule has 2 aromatic rings. The summed E-state index contributed by atoms with van der Waals surface area (Å²) in [5.74, 6) is -0.256. The molecule has 1 aliphatic heterocycles. The van der Waals surface area contributed by atoms with Gasteiger partial charge in [0.2, 0.25) is 0 Å². The van der Waals surface area contributed by atoms with E-state index in [1.54, 1.807) is 12.1 Å². The predicted molar refractivity (Wildman–Crippen MR) is 86.7 cm³/mol. The molecule has 0 spiro atoms. The standard InChI is InChI=1S/C16H17FN4O3/c17-13-1-3-14(4-2-13)19-9-7-18(8-10-19)12-20-11-15(21(23)24)5-6-16(20)22/h1-6,11H,7-10,12H2/p+1. The Hall–Kier alpha value is -2.74. The van der Waals surface area contributed by atoms with E-state index in [0.717, 1.165) is 31.9 Å².